The fraction of sp³-hybridized carbons (Fsp3) is 0.263. The van der Waals surface area contributed by atoms with Crippen molar-refractivity contribution in [3.05, 3.63) is 65.2 Å². The molecule has 0 aliphatic carbocycles. The highest BCUT2D eigenvalue weighted by Gasteiger charge is 2.29. The van der Waals surface area contributed by atoms with Crippen molar-refractivity contribution in [2.24, 2.45) is 0 Å². The standard InChI is InChI=1S/C19H19NO2/c21-18-17-15(12-7-13-16(17)20-19(18)22)11-6-2-5-10-14-8-3-1-4-9-14/h1,3-4,7-9,12-13H,2,5-6,10-11H2,(H,20,21,22). The van der Waals surface area contributed by atoms with Gasteiger partial charge in [0.25, 0.3) is 11.7 Å². The van der Waals surface area contributed by atoms with E-state index in [-0.39, 0.29) is 0 Å². The number of aryl methyl sites for hydroxylation is 2. The van der Waals surface area contributed by atoms with Crippen molar-refractivity contribution >= 4 is 17.4 Å². The number of unbranched alkanes of at least 4 members (excludes halogenated alkanes) is 2. The molecule has 2 aromatic rings. The number of carbonyl (C=O) groups excluding carboxylic acids is 2. The van der Waals surface area contributed by atoms with Crippen LogP contribution in [0.25, 0.3) is 0 Å². The molecule has 0 radical (unpaired) electrons. The van der Waals surface area contributed by atoms with Crippen LogP contribution in [0.4, 0.5) is 5.69 Å². The maximum absolute atomic E-state index is 11.9. The number of fused-ring (bicyclic) bond motifs is 1. The van der Waals surface area contributed by atoms with E-state index < -0.39 is 11.7 Å². The molecule has 1 amide bonds. The molecular formula is C19H19NO2. The normalized spacial score (nSPS) is 13.1. The van der Waals surface area contributed by atoms with Crippen LogP contribution < -0.4 is 5.32 Å². The first-order valence-corrected chi connectivity index (χ1v) is 7.77. The van der Waals surface area contributed by atoms with Gasteiger partial charge in [-0.3, -0.25) is 9.59 Å². The molecule has 112 valence electrons. The Morgan fingerprint density at radius 2 is 1.55 bits per heavy atom. The maximum Gasteiger partial charge on any atom is 0.296 e. The van der Waals surface area contributed by atoms with Crippen LogP contribution in [-0.4, -0.2) is 11.7 Å². The Labute approximate surface area is 130 Å². The van der Waals surface area contributed by atoms with E-state index in [1.165, 1.54) is 5.56 Å². The Kier molecular flexibility index (Phi) is 4.33. The predicted molar refractivity (Wildman–Crippen MR) is 87.1 cm³/mol. The molecular weight excluding hydrogens is 274 g/mol. The van der Waals surface area contributed by atoms with Crippen LogP contribution in [-0.2, 0) is 17.6 Å². The van der Waals surface area contributed by atoms with Crippen LogP contribution in [0.3, 0.4) is 0 Å². The largest absolute Gasteiger partial charge is 0.318 e. The van der Waals surface area contributed by atoms with Gasteiger partial charge in [-0.05, 0) is 42.9 Å². The van der Waals surface area contributed by atoms with Crippen molar-refractivity contribution in [2.45, 2.75) is 32.1 Å². The highest BCUT2D eigenvalue weighted by molar-refractivity contribution is 6.52. The number of anilines is 1. The summed E-state index contributed by atoms with van der Waals surface area (Å²) < 4.78 is 0. The smallest absolute Gasteiger partial charge is 0.296 e. The molecule has 0 saturated carbocycles. The second-order valence-corrected chi connectivity index (χ2v) is 5.67. The van der Waals surface area contributed by atoms with Crippen molar-refractivity contribution in [1.82, 2.24) is 0 Å². The molecule has 3 heteroatoms. The Hall–Kier alpha value is -2.42. The molecule has 3 nitrogen and oxygen atoms in total. The molecule has 22 heavy (non-hydrogen) atoms. The average molecular weight is 293 g/mol. The predicted octanol–water partition coefficient (Wildman–Crippen LogP) is 3.78. The van der Waals surface area contributed by atoms with Gasteiger partial charge in [-0.15, -0.1) is 0 Å². The minimum atomic E-state index is -0.508. The minimum Gasteiger partial charge on any atom is -0.318 e. The lowest BCUT2D eigenvalue weighted by atomic mass is 9.98. The Morgan fingerprint density at radius 3 is 2.36 bits per heavy atom. The van der Waals surface area contributed by atoms with Gasteiger partial charge in [0.2, 0.25) is 0 Å². The molecule has 0 aromatic heterocycles. The topological polar surface area (TPSA) is 46.2 Å². The van der Waals surface area contributed by atoms with Crippen molar-refractivity contribution in [1.29, 1.82) is 0 Å². The van der Waals surface area contributed by atoms with Gasteiger partial charge in [0.1, 0.15) is 0 Å². The molecule has 0 spiro atoms. The molecule has 0 atom stereocenters. The molecule has 1 N–H and O–H groups in total. The van der Waals surface area contributed by atoms with Crippen molar-refractivity contribution in [3.63, 3.8) is 0 Å². The SMILES string of the molecule is O=C1Nc2cccc(CCCCCc3ccccc3)c2C1=O. The molecule has 3 rings (SSSR count). The van der Waals surface area contributed by atoms with Gasteiger partial charge in [-0.1, -0.05) is 48.9 Å². The Morgan fingerprint density at radius 1 is 0.773 bits per heavy atom. The van der Waals surface area contributed by atoms with Gasteiger partial charge >= 0.3 is 0 Å². The van der Waals surface area contributed by atoms with Crippen LogP contribution in [0.1, 0.15) is 40.7 Å². The number of Topliss-reactive ketones (excluding diaryl/α,β-unsaturated/α-hetero) is 1. The van der Waals surface area contributed by atoms with Crippen molar-refractivity contribution in [3.8, 4) is 0 Å². The quantitative estimate of drug-likeness (QED) is 0.651. The summed E-state index contributed by atoms with van der Waals surface area (Å²) in [6, 6.07) is 16.1. The highest BCUT2D eigenvalue weighted by atomic mass is 16.2. The molecule has 1 aliphatic heterocycles. The van der Waals surface area contributed by atoms with E-state index in [1.54, 1.807) is 6.07 Å². The first-order chi connectivity index (χ1) is 10.8. The van der Waals surface area contributed by atoms with Gasteiger partial charge < -0.3 is 5.32 Å². The van der Waals surface area contributed by atoms with Crippen LogP contribution in [0, 0.1) is 0 Å². The van der Waals surface area contributed by atoms with Crippen molar-refractivity contribution in [2.75, 3.05) is 5.32 Å². The second kappa shape index (κ2) is 6.56. The van der Waals surface area contributed by atoms with E-state index in [1.807, 2.05) is 18.2 Å². The van der Waals surface area contributed by atoms with Crippen LogP contribution in [0.2, 0.25) is 0 Å². The molecule has 0 fully saturated rings. The molecule has 0 saturated heterocycles. The first kappa shape index (κ1) is 14.5. The van der Waals surface area contributed by atoms with E-state index in [0.717, 1.165) is 37.7 Å². The van der Waals surface area contributed by atoms with E-state index in [4.69, 9.17) is 0 Å². The third-order valence-corrected chi connectivity index (χ3v) is 4.09. The average Bonchev–Trinajstić information content (AvgIpc) is 2.83. The zero-order valence-corrected chi connectivity index (χ0v) is 12.5. The zero-order valence-electron chi connectivity index (χ0n) is 12.5. The highest BCUT2D eigenvalue weighted by Crippen LogP contribution is 2.27. The van der Waals surface area contributed by atoms with Gasteiger partial charge in [-0.25, -0.2) is 0 Å². The van der Waals surface area contributed by atoms with Gasteiger partial charge in [-0.2, -0.15) is 0 Å². The van der Waals surface area contributed by atoms with Gasteiger partial charge in [0.05, 0.1) is 11.3 Å². The molecule has 0 bridgehead atoms. The second-order valence-electron chi connectivity index (χ2n) is 5.67. The monoisotopic (exact) mass is 293 g/mol. The lowest BCUT2D eigenvalue weighted by Gasteiger charge is -2.06. The van der Waals surface area contributed by atoms with Crippen LogP contribution in [0.5, 0.6) is 0 Å². The number of hydrogen-bond acceptors (Lipinski definition) is 2. The number of nitrogens with one attached hydrogen (secondary N) is 1. The van der Waals surface area contributed by atoms with E-state index in [0.29, 0.717) is 11.3 Å². The number of benzene rings is 2. The third kappa shape index (κ3) is 3.08. The molecule has 2 aromatic carbocycles. The summed E-state index contributed by atoms with van der Waals surface area (Å²) in [4.78, 5) is 23.3. The number of amides is 1. The minimum absolute atomic E-state index is 0.394. The zero-order chi connectivity index (χ0) is 15.4. The Balaban J connectivity index is 1.52. The fourth-order valence-corrected chi connectivity index (χ4v) is 2.94. The summed E-state index contributed by atoms with van der Waals surface area (Å²) in [6.07, 6.45) is 5.23. The summed E-state index contributed by atoms with van der Waals surface area (Å²) in [5.74, 6) is -0.901. The number of ketones is 1. The first-order valence-electron chi connectivity index (χ1n) is 7.77. The molecule has 1 heterocycles. The summed E-state index contributed by atoms with van der Waals surface area (Å²) >= 11 is 0. The number of rotatable bonds is 6. The van der Waals surface area contributed by atoms with Crippen molar-refractivity contribution < 1.29 is 9.59 Å². The lowest BCUT2D eigenvalue weighted by molar-refractivity contribution is -0.112. The Bertz CT molecular complexity index is 692. The summed E-state index contributed by atoms with van der Waals surface area (Å²) in [5.41, 5.74) is 3.60. The lowest BCUT2D eigenvalue weighted by Crippen LogP contribution is -2.13. The summed E-state index contributed by atoms with van der Waals surface area (Å²) in [6.45, 7) is 0. The fourth-order valence-electron chi connectivity index (χ4n) is 2.94. The molecule has 1 aliphatic rings. The van der Waals surface area contributed by atoms with Crippen LogP contribution in [0.15, 0.2) is 48.5 Å². The number of carbonyl (C=O) groups is 2. The van der Waals surface area contributed by atoms with E-state index >= 15 is 0 Å². The van der Waals surface area contributed by atoms with Crippen LogP contribution >= 0.6 is 0 Å². The third-order valence-electron chi connectivity index (χ3n) is 4.09. The number of hydrogen-bond donors (Lipinski definition) is 1. The van der Waals surface area contributed by atoms with Gasteiger partial charge in [0.15, 0.2) is 0 Å². The summed E-state index contributed by atoms with van der Waals surface area (Å²) in [7, 11) is 0. The molecule has 0 unspecified atom stereocenters. The maximum atomic E-state index is 11.9. The van der Waals surface area contributed by atoms with E-state index in [2.05, 4.69) is 29.6 Å². The van der Waals surface area contributed by atoms with E-state index in [9.17, 15) is 9.59 Å². The van der Waals surface area contributed by atoms with Gasteiger partial charge in [0, 0.05) is 0 Å². The summed E-state index contributed by atoms with van der Waals surface area (Å²) in [5, 5.41) is 2.62.